The molecule has 3 N–H and O–H groups in total. The Bertz CT molecular complexity index is 543. The molecule has 0 bridgehead atoms. The van der Waals surface area contributed by atoms with E-state index in [1.807, 2.05) is 6.07 Å². The molecule has 0 radical (unpaired) electrons. The van der Waals surface area contributed by atoms with Crippen LogP contribution in [0.4, 0.5) is 11.6 Å². The third kappa shape index (κ3) is 2.89. The van der Waals surface area contributed by atoms with Crippen molar-refractivity contribution in [3.63, 3.8) is 0 Å². The van der Waals surface area contributed by atoms with Crippen molar-refractivity contribution in [2.75, 3.05) is 11.1 Å². The zero-order valence-electron chi connectivity index (χ0n) is 8.96. The largest absolute Gasteiger partial charge is 0.384 e. The molecule has 0 aromatic carbocycles. The van der Waals surface area contributed by atoms with E-state index in [2.05, 4.69) is 20.3 Å². The number of nitrogen functional groups attached to an aromatic ring is 1. The maximum Gasteiger partial charge on any atom is 0.149 e. The highest BCUT2D eigenvalue weighted by molar-refractivity contribution is 5.39. The molecule has 2 heterocycles. The van der Waals surface area contributed by atoms with Crippen LogP contribution >= 0.6 is 0 Å². The minimum absolute atomic E-state index is 0.434. The van der Waals surface area contributed by atoms with E-state index in [1.54, 1.807) is 24.4 Å². The van der Waals surface area contributed by atoms with Crippen molar-refractivity contribution in [2.45, 2.75) is 6.54 Å². The van der Waals surface area contributed by atoms with Gasteiger partial charge in [-0.15, -0.1) is 0 Å². The number of pyridine rings is 1. The van der Waals surface area contributed by atoms with Crippen molar-refractivity contribution in [3.8, 4) is 6.07 Å². The lowest BCUT2D eigenvalue weighted by atomic mass is 10.3. The summed E-state index contributed by atoms with van der Waals surface area (Å²) in [6.07, 6.45) is 3.11. The molecule has 0 atom stereocenters. The maximum absolute atomic E-state index is 8.62. The molecule has 6 heteroatoms. The van der Waals surface area contributed by atoms with Gasteiger partial charge in [0.05, 0.1) is 12.1 Å². The molecule has 0 spiro atoms. The summed E-state index contributed by atoms with van der Waals surface area (Å²) in [6, 6.07) is 7.05. The van der Waals surface area contributed by atoms with Crippen LogP contribution < -0.4 is 11.1 Å². The highest BCUT2D eigenvalue weighted by Gasteiger charge is 1.98. The maximum atomic E-state index is 8.62. The number of nitrogens with one attached hydrogen (secondary N) is 1. The van der Waals surface area contributed by atoms with E-state index in [-0.39, 0.29) is 0 Å². The summed E-state index contributed by atoms with van der Waals surface area (Å²) in [4.78, 5) is 12.2. The predicted octanol–water partition coefficient (Wildman–Crippen LogP) is 0.938. The molecule has 0 unspecified atom stereocenters. The fraction of sp³-hybridized carbons (Fsp3) is 0.0909. The Labute approximate surface area is 98.2 Å². The van der Waals surface area contributed by atoms with Gasteiger partial charge in [0.1, 0.15) is 23.5 Å². The molecule has 2 aromatic heterocycles. The molecule has 0 aliphatic carbocycles. The van der Waals surface area contributed by atoms with E-state index in [9.17, 15) is 0 Å². The first-order valence-corrected chi connectivity index (χ1v) is 4.95. The van der Waals surface area contributed by atoms with E-state index in [0.717, 1.165) is 0 Å². The molecule has 0 fully saturated rings. The van der Waals surface area contributed by atoms with Crippen molar-refractivity contribution in [2.24, 2.45) is 0 Å². The number of aromatic nitrogens is 3. The summed E-state index contributed by atoms with van der Waals surface area (Å²) < 4.78 is 0. The van der Waals surface area contributed by atoms with Gasteiger partial charge in [-0.05, 0) is 18.2 Å². The van der Waals surface area contributed by atoms with Crippen LogP contribution in [0.2, 0.25) is 0 Å². The number of nitrogens with two attached hydrogens (primary N) is 1. The first-order valence-electron chi connectivity index (χ1n) is 4.95. The summed E-state index contributed by atoms with van der Waals surface area (Å²) in [6.45, 7) is 0.434. The molecule has 17 heavy (non-hydrogen) atoms. The van der Waals surface area contributed by atoms with Gasteiger partial charge in [-0.1, -0.05) is 0 Å². The zero-order chi connectivity index (χ0) is 12.1. The molecule has 0 amide bonds. The lowest BCUT2D eigenvalue weighted by Gasteiger charge is -2.04. The van der Waals surface area contributed by atoms with Gasteiger partial charge in [-0.2, -0.15) is 5.26 Å². The Kier molecular flexibility index (Phi) is 3.12. The SMILES string of the molecule is N#Cc1ccc(NCc2nccc(N)n2)nc1. The van der Waals surface area contributed by atoms with Crippen LogP contribution in [0.5, 0.6) is 0 Å². The zero-order valence-corrected chi connectivity index (χ0v) is 8.96. The molecule has 0 aliphatic rings. The van der Waals surface area contributed by atoms with E-state index in [4.69, 9.17) is 11.0 Å². The number of hydrogen-bond donors (Lipinski definition) is 2. The van der Waals surface area contributed by atoms with Gasteiger partial charge < -0.3 is 11.1 Å². The lowest BCUT2D eigenvalue weighted by Crippen LogP contribution is -2.06. The monoisotopic (exact) mass is 226 g/mol. The number of nitriles is 1. The second-order valence-corrected chi connectivity index (χ2v) is 3.30. The van der Waals surface area contributed by atoms with Gasteiger partial charge in [-0.3, -0.25) is 0 Å². The van der Waals surface area contributed by atoms with Crippen LogP contribution in [0.25, 0.3) is 0 Å². The number of anilines is 2. The molecule has 0 saturated heterocycles. The normalized spacial score (nSPS) is 9.59. The molecular formula is C11H10N6. The van der Waals surface area contributed by atoms with Crippen LogP contribution in [0.3, 0.4) is 0 Å². The van der Waals surface area contributed by atoms with Crippen molar-refractivity contribution < 1.29 is 0 Å². The van der Waals surface area contributed by atoms with Crippen LogP contribution in [0.1, 0.15) is 11.4 Å². The summed E-state index contributed by atoms with van der Waals surface area (Å²) in [5.41, 5.74) is 6.06. The van der Waals surface area contributed by atoms with E-state index in [0.29, 0.717) is 29.6 Å². The van der Waals surface area contributed by atoms with Gasteiger partial charge in [0.25, 0.3) is 0 Å². The third-order valence-corrected chi connectivity index (χ3v) is 2.05. The quantitative estimate of drug-likeness (QED) is 0.807. The molecule has 0 aliphatic heterocycles. The fourth-order valence-electron chi connectivity index (χ4n) is 1.23. The molecular weight excluding hydrogens is 216 g/mol. The molecule has 84 valence electrons. The summed E-state index contributed by atoms with van der Waals surface area (Å²) in [7, 11) is 0. The van der Waals surface area contributed by atoms with Crippen LogP contribution in [0, 0.1) is 11.3 Å². The highest BCUT2D eigenvalue weighted by Crippen LogP contribution is 2.05. The van der Waals surface area contributed by atoms with Crippen LogP contribution in [-0.4, -0.2) is 15.0 Å². The standard InChI is InChI=1S/C11H10N6/c12-5-8-1-2-10(15-6-8)16-7-11-14-4-3-9(13)17-11/h1-4,6H,7H2,(H,15,16)(H2,13,14,17). The van der Waals surface area contributed by atoms with Crippen molar-refractivity contribution in [1.82, 2.24) is 15.0 Å². The first-order chi connectivity index (χ1) is 8.28. The summed E-state index contributed by atoms with van der Waals surface area (Å²) in [5.74, 6) is 1.69. The number of rotatable bonds is 3. The van der Waals surface area contributed by atoms with Crippen molar-refractivity contribution >= 4 is 11.6 Å². The van der Waals surface area contributed by atoms with E-state index >= 15 is 0 Å². The average Bonchev–Trinajstić information content (AvgIpc) is 2.37. The van der Waals surface area contributed by atoms with Gasteiger partial charge in [-0.25, -0.2) is 15.0 Å². The summed E-state index contributed by atoms with van der Waals surface area (Å²) in [5, 5.41) is 11.7. The molecule has 2 rings (SSSR count). The number of hydrogen-bond acceptors (Lipinski definition) is 6. The van der Waals surface area contributed by atoms with Crippen molar-refractivity contribution in [3.05, 3.63) is 42.0 Å². The lowest BCUT2D eigenvalue weighted by molar-refractivity contribution is 0.946. The van der Waals surface area contributed by atoms with Crippen LogP contribution in [-0.2, 0) is 6.54 Å². The first kappa shape index (κ1) is 10.8. The molecule has 2 aromatic rings. The Morgan fingerprint density at radius 3 is 2.82 bits per heavy atom. The van der Waals surface area contributed by atoms with Gasteiger partial charge in [0.2, 0.25) is 0 Å². The van der Waals surface area contributed by atoms with E-state index < -0.39 is 0 Å². The van der Waals surface area contributed by atoms with Crippen molar-refractivity contribution in [1.29, 1.82) is 5.26 Å². The second-order valence-electron chi connectivity index (χ2n) is 3.30. The topological polar surface area (TPSA) is 101 Å². The van der Waals surface area contributed by atoms with Gasteiger partial charge in [0, 0.05) is 12.4 Å². The molecule has 0 saturated carbocycles. The Balaban J connectivity index is 2.00. The summed E-state index contributed by atoms with van der Waals surface area (Å²) >= 11 is 0. The fourth-order valence-corrected chi connectivity index (χ4v) is 1.23. The number of nitrogens with zero attached hydrogens (tertiary/aromatic N) is 4. The van der Waals surface area contributed by atoms with Crippen LogP contribution in [0.15, 0.2) is 30.6 Å². The Hall–Kier alpha value is -2.68. The molecule has 6 nitrogen and oxygen atoms in total. The highest BCUT2D eigenvalue weighted by atomic mass is 15.0. The average molecular weight is 226 g/mol. The Morgan fingerprint density at radius 1 is 1.29 bits per heavy atom. The smallest absolute Gasteiger partial charge is 0.149 e. The second kappa shape index (κ2) is 4.90. The Morgan fingerprint density at radius 2 is 2.18 bits per heavy atom. The third-order valence-electron chi connectivity index (χ3n) is 2.05. The van der Waals surface area contributed by atoms with Gasteiger partial charge in [0.15, 0.2) is 0 Å². The van der Waals surface area contributed by atoms with E-state index in [1.165, 1.54) is 6.20 Å². The minimum atomic E-state index is 0.434. The van der Waals surface area contributed by atoms with Gasteiger partial charge >= 0.3 is 0 Å². The predicted molar refractivity (Wildman–Crippen MR) is 62.7 cm³/mol. The minimum Gasteiger partial charge on any atom is -0.384 e.